The highest BCUT2D eigenvalue weighted by Gasteiger charge is 2.57. The van der Waals surface area contributed by atoms with Gasteiger partial charge in [0.15, 0.2) is 0 Å². The molecule has 6 heteroatoms. The van der Waals surface area contributed by atoms with E-state index in [1.807, 2.05) is 13.8 Å². The van der Waals surface area contributed by atoms with Crippen LogP contribution in [0.25, 0.3) is 0 Å². The number of carboxylic acids is 1. The lowest BCUT2D eigenvalue weighted by molar-refractivity contribution is -0.148. The van der Waals surface area contributed by atoms with Gasteiger partial charge < -0.3 is 15.2 Å². The SMILES string of the molecule is CCOC(=O)c1ccc(NC(=O)[C@H]2[C@@H](C(=O)O)[C@H]3CC[C@H]2C3=C(C)C)cc1. The van der Waals surface area contributed by atoms with Crippen molar-refractivity contribution in [3.8, 4) is 0 Å². The van der Waals surface area contributed by atoms with Gasteiger partial charge in [0.05, 0.1) is 24.0 Å². The molecule has 1 aromatic rings. The van der Waals surface area contributed by atoms with E-state index in [4.69, 9.17) is 4.74 Å². The quantitative estimate of drug-likeness (QED) is 0.610. The minimum atomic E-state index is -0.904. The lowest BCUT2D eigenvalue weighted by Gasteiger charge is -2.26. The zero-order valence-electron chi connectivity index (χ0n) is 15.8. The molecular weight excluding hydrogens is 346 g/mol. The summed E-state index contributed by atoms with van der Waals surface area (Å²) in [4.78, 5) is 36.5. The van der Waals surface area contributed by atoms with Crippen molar-refractivity contribution in [3.05, 3.63) is 41.0 Å². The molecular formula is C21H25NO5. The Hall–Kier alpha value is -2.63. The third-order valence-electron chi connectivity index (χ3n) is 5.67. The van der Waals surface area contributed by atoms with Crippen LogP contribution in [0.15, 0.2) is 35.4 Å². The summed E-state index contributed by atoms with van der Waals surface area (Å²) in [7, 11) is 0. The first-order valence-corrected chi connectivity index (χ1v) is 9.33. The molecule has 0 aliphatic heterocycles. The highest BCUT2D eigenvalue weighted by atomic mass is 16.5. The number of anilines is 1. The van der Waals surface area contributed by atoms with Gasteiger partial charge in [-0.05, 0) is 69.7 Å². The van der Waals surface area contributed by atoms with Crippen molar-refractivity contribution in [1.82, 2.24) is 0 Å². The van der Waals surface area contributed by atoms with E-state index in [0.717, 1.165) is 24.0 Å². The number of benzene rings is 1. The molecule has 27 heavy (non-hydrogen) atoms. The lowest BCUT2D eigenvalue weighted by Crippen LogP contribution is -2.37. The number of carbonyl (C=O) groups is 3. The first kappa shape index (κ1) is 19.1. The number of rotatable bonds is 5. The van der Waals surface area contributed by atoms with Crippen molar-refractivity contribution in [1.29, 1.82) is 0 Å². The zero-order chi connectivity index (χ0) is 19.7. The van der Waals surface area contributed by atoms with E-state index < -0.39 is 23.8 Å². The number of amides is 1. The van der Waals surface area contributed by atoms with Gasteiger partial charge in [-0.2, -0.15) is 0 Å². The van der Waals surface area contributed by atoms with Crippen LogP contribution in [0, 0.1) is 23.7 Å². The Bertz CT molecular complexity index is 791. The van der Waals surface area contributed by atoms with E-state index in [-0.39, 0.29) is 17.7 Å². The fourth-order valence-corrected chi connectivity index (χ4v) is 4.73. The number of aliphatic carboxylic acids is 1. The van der Waals surface area contributed by atoms with E-state index in [0.29, 0.717) is 17.9 Å². The van der Waals surface area contributed by atoms with Crippen LogP contribution >= 0.6 is 0 Å². The molecule has 0 unspecified atom stereocenters. The van der Waals surface area contributed by atoms with Crippen molar-refractivity contribution >= 4 is 23.5 Å². The summed E-state index contributed by atoms with van der Waals surface area (Å²) in [5.74, 6) is -2.86. The van der Waals surface area contributed by atoms with E-state index in [1.165, 1.54) is 0 Å². The van der Waals surface area contributed by atoms with Crippen LogP contribution in [0.1, 0.15) is 44.0 Å². The van der Waals surface area contributed by atoms with Crippen LogP contribution in [0.3, 0.4) is 0 Å². The smallest absolute Gasteiger partial charge is 0.338 e. The van der Waals surface area contributed by atoms with Crippen LogP contribution in [-0.2, 0) is 14.3 Å². The molecule has 2 N–H and O–H groups in total. The van der Waals surface area contributed by atoms with Gasteiger partial charge in [0, 0.05) is 5.69 Å². The highest BCUT2D eigenvalue weighted by Crippen LogP contribution is 2.57. The van der Waals surface area contributed by atoms with E-state index >= 15 is 0 Å². The highest BCUT2D eigenvalue weighted by molar-refractivity contribution is 5.97. The van der Waals surface area contributed by atoms with Crippen LogP contribution in [0.2, 0.25) is 0 Å². The molecule has 2 aliphatic carbocycles. The molecule has 2 saturated carbocycles. The normalized spacial score (nSPS) is 26.0. The standard InChI is InChI=1S/C21H25NO5/c1-4-27-21(26)12-5-7-13(8-6-12)22-19(23)17-14-9-10-15(16(14)11(2)3)18(17)20(24)25/h5-8,14-15,17-18H,4,9-10H2,1-3H3,(H,22,23)(H,24,25)/t14-,15-,17+,18-/m0/s1. The molecule has 6 nitrogen and oxygen atoms in total. The molecule has 0 spiro atoms. The van der Waals surface area contributed by atoms with Gasteiger partial charge in [-0.15, -0.1) is 0 Å². The number of nitrogens with one attached hydrogen (secondary N) is 1. The number of hydrogen-bond acceptors (Lipinski definition) is 4. The topological polar surface area (TPSA) is 92.7 Å². The predicted molar refractivity (Wildman–Crippen MR) is 100 cm³/mol. The third-order valence-corrected chi connectivity index (χ3v) is 5.67. The number of esters is 1. The fraction of sp³-hybridized carbons (Fsp3) is 0.476. The molecule has 2 aliphatic rings. The summed E-state index contributed by atoms with van der Waals surface area (Å²) in [6.45, 7) is 6.02. The Kier molecular flexibility index (Phi) is 5.35. The van der Waals surface area contributed by atoms with Crippen LogP contribution < -0.4 is 5.32 Å². The number of allylic oxidation sites excluding steroid dienone is 2. The minimum absolute atomic E-state index is 0.0000878. The van der Waals surface area contributed by atoms with Gasteiger partial charge in [0.1, 0.15) is 0 Å². The Morgan fingerprint density at radius 2 is 1.67 bits per heavy atom. The van der Waals surface area contributed by atoms with Gasteiger partial charge in [0.25, 0.3) is 0 Å². The molecule has 0 radical (unpaired) electrons. The average molecular weight is 371 g/mol. The molecule has 144 valence electrons. The summed E-state index contributed by atoms with van der Waals surface area (Å²) >= 11 is 0. The second kappa shape index (κ2) is 7.55. The van der Waals surface area contributed by atoms with Crippen LogP contribution in [0.5, 0.6) is 0 Å². The van der Waals surface area contributed by atoms with E-state index in [1.54, 1.807) is 31.2 Å². The molecule has 0 heterocycles. The van der Waals surface area contributed by atoms with Gasteiger partial charge in [-0.25, -0.2) is 4.79 Å². The molecule has 4 atom stereocenters. The summed E-state index contributed by atoms with van der Waals surface area (Å²) in [5, 5.41) is 12.5. The number of fused-ring (bicyclic) bond motifs is 2. The first-order chi connectivity index (χ1) is 12.8. The molecule has 1 aromatic carbocycles. The molecule has 3 rings (SSSR count). The summed E-state index contributed by atoms with van der Waals surface area (Å²) in [6.07, 6.45) is 1.69. The Morgan fingerprint density at radius 3 is 2.19 bits per heavy atom. The number of hydrogen-bond donors (Lipinski definition) is 2. The molecule has 2 bridgehead atoms. The lowest BCUT2D eigenvalue weighted by atomic mass is 9.78. The first-order valence-electron chi connectivity index (χ1n) is 9.33. The molecule has 1 amide bonds. The van der Waals surface area contributed by atoms with Crippen molar-refractivity contribution in [3.63, 3.8) is 0 Å². The second-order valence-electron chi connectivity index (χ2n) is 7.42. The summed E-state index contributed by atoms with van der Waals surface area (Å²) in [6, 6.07) is 6.44. The summed E-state index contributed by atoms with van der Waals surface area (Å²) < 4.78 is 4.94. The van der Waals surface area contributed by atoms with Crippen molar-refractivity contribution in [2.45, 2.75) is 33.6 Å². The van der Waals surface area contributed by atoms with Gasteiger partial charge in [-0.3, -0.25) is 9.59 Å². The Morgan fingerprint density at radius 1 is 1.07 bits per heavy atom. The van der Waals surface area contributed by atoms with Crippen LogP contribution in [-0.4, -0.2) is 29.6 Å². The predicted octanol–water partition coefficient (Wildman–Crippen LogP) is 3.50. The monoisotopic (exact) mass is 371 g/mol. The van der Waals surface area contributed by atoms with Crippen molar-refractivity contribution < 1.29 is 24.2 Å². The fourth-order valence-electron chi connectivity index (χ4n) is 4.73. The molecule has 2 fully saturated rings. The van der Waals surface area contributed by atoms with Crippen molar-refractivity contribution in [2.24, 2.45) is 23.7 Å². The maximum atomic E-state index is 12.9. The average Bonchev–Trinajstić information content (AvgIpc) is 3.18. The van der Waals surface area contributed by atoms with Gasteiger partial charge >= 0.3 is 11.9 Å². The summed E-state index contributed by atoms with van der Waals surface area (Å²) in [5.41, 5.74) is 3.23. The van der Waals surface area contributed by atoms with E-state index in [9.17, 15) is 19.5 Å². The van der Waals surface area contributed by atoms with Crippen LogP contribution in [0.4, 0.5) is 5.69 Å². The van der Waals surface area contributed by atoms with Gasteiger partial charge in [-0.1, -0.05) is 11.1 Å². The minimum Gasteiger partial charge on any atom is -0.481 e. The van der Waals surface area contributed by atoms with Gasteiger partial charge in [0.2, 0.25) is 5.91 Å². The maximum Gasteiger partial charge on any atom is 0.338 e. The largest absolute Gasteiger partial charge is 0.481 e. The van der Waals surface area contributed by atoms with Crippen molar-refractivity contribution in [2.75, 3.05) is 11.9 Å². The Balaban J connectivity index is 1.78. The third kappa shape index (κ3) is 3.48. The number of ether oxygens (including phenoxy) is 1. The molecule has 0 saturated heterocycles. The number of carboxylic acid groups (broad SMARTS) is 1. The molecule has 0 aromatic heterocycles. The number of carbonyl (C=O) groups excluding carboxylic acids is 2. The Labute approximate surface area is 158 Å². The second-order valence-corrected chi connectivity index (χ2v) is 7.42. The van der Waals surface area contributed by atoms with E-state index in [2.05, 4.69) is 5.32 Å². The maximum absolute atomic E-state index is 12.9. The zero-order valence-corrected chi connectivity index (χ0v) is 15.8.